The van der Waals surface area contributed by atoms with E-state index in [2.05, 4.69) is 0 Å². The van der Waals surface area contributed by atoms with Crippen molar-refractivity contribution in [3.63, 3.8) is 0 Å². The van der Waals surface area contributed by atoms with E-state index in [0.29, 0.717) is 16.9 Å². The van der Waals surface area contributed by atoms with Crippen LogP contribution in [0.3, 0.4) is 0 Å². The van der Waals surface area contributed by atoms with Crippen LogP contribution in [0.25, 0.3) is 0 Å². The number of hydrogen-bond donors (Lipinski definition) is 0. The van der Waals surface area contributed by atoms with Crippen molar-refractivity contribution in [1.82, 2.24) is 0 Å². The molecule has 4 heteroatoms. The van der Waals surface area contributed by atoms with E-state index >= 15 is 0 Å². The van der Waals surface area contributed by atoms with Crippen molar-refractivity contribution < 1.29 is 9.53 Å². The first-order valence-corrected chi connectivity index (χ1v) is 6.65. The maximum Gasteiger partial charge on any atom is 0.231 e. The van der Waals surface area contributed by atoms with Crippen LogP contribution < -0.4 is 4.74 Å². The minimum atomic E-state index is -1.37. The summed E-state index contributed by atoms with van der Waals surface area (Å²) in [6.07, 6.45) is 0. The molecule has 19 heavy (non-hydrogen) atoms. The summed E-state index contributed by atoms with van der Waals surface area (Å²) in [7, 11) is 0. The number of carbonyl (C=O) groups excluding carboxylic acids is 1. The standard InChI is InChI=1S/C15H10Cl2O2/c16-14-13(18)11-8-4-5-9-12(11)19-15(14,17)10-6-2-1-3-7-10/h1-9,14H/t14-,15+/m0/s1. The largest absolute Gasteiger partial charge is 0.465 e. The van der Waals surface area contributed by atoms with Gasteiger partial charge in [-0.1, -0.05) is 54.1 Å². The number of halogens is 2. The Labute approximate surface area is 120 Å². The molecule has 0 aliphatic carbocycles. The average molecular weight is 293 g/mol. The number of ketones is 1. The van der Waals surface area contributed by atoms with E-state index < -0.39 is 10.4 Å². The zero-order valence-corrected chi connectivity index (χ0v) is 11.4. The molecule has 1 aliphatic rings. The summed E-state index contributed by atoms with van der Waals surface area (Å²) in [5.41, 5.74) is 1.13. The monoisotopic (exact) mass is 292 g/mol. The Hall–Kier alpha value is -1.51. The van der Waals surface area contributed by atoms with E-state index in [-0.39, 0.29) is 5.78 Å². The normalized spacial score (nSPS) is 25.6. The molecule has 1 heterocycles. The maximum absolute atomic E-state index is 12.3. The van der Waals surface area contributed by atoms with Crippen molar-refractivity contribution in [3.05, 3.63) is 65.7 Å². The molecule has 2 aromatic rings. The van der Waals surface area contributed by atoms with Crippen LogP contribution in [-0.4, -0.2) is 11.2 Å². The minimum Gasteiger partial charge on any atom is -0.465 e. The number of carbonyl (C=O) groups is 1. The Balaban J connectivity index is 2.13. The summed E-state index contributed by atoms with van der Waals surface area (Å²) in [4.78, 5) is 12.3. The fourth-order valence-electron chi connectivity index (χ4n) is 2.15. The minimum absolute atomic E-state index is 0.220. The van der Waals surface area contributed by atoms with Crippen molar-refractivity contribution >= 4 is 29.0 Å². The molecule has 0 saturated heterocycles. The van der Waals surface area contributed by atoms with Crippen LogP contribution >= 0.6 is 23.2 Å². The predicted molar refractivity (Wildman–Crippen MR) is 75.0 cm³/mol. The predicted octanol–water partition coefficient (Wildman–Crippen LogP) is 3.96. The number of alkyl halides is 2. The van der Waals surface area contributed by atoms with Gasteiger partial charge in [-0.25, -0.2) is 0 Å². The Bertz CT molecular complexity index is 627. The van der Waals surface area contributed by atoms with Crippen LogP contribution in [0.15, 0.2) is 54.6 Å². The van der Waals surface area contributed by atoms with Crippen molar-refractivity contribution in [2.45, 2.75) is 10.4 Å². The molecule has 0 aromatic heterocycles. The molecule has 3 rings (SSSR count). The Morgan fingerprint density at radius 1 is 1.00 bits per heavy atom. The van der Waals surface area contributed by atoms with Crippen LogP contribution in [0.5, 0.6) is 5.75 Å². The third kappa shape index (κ3) is 1.92. The third-order valence-corrected chi connectivity index (χ3v) is 4.27. The summed E-state index contributed by atoms with van der Waals surface area (Å²) >= 11 is 12.7. The molecular formula is C15H10Cl2O2. The fourth-order valence-corrected chi connectivity index (χ4v) is 2.74. The van der Waals surface area contributed by atoms with Crippen LogP contribution in [0.4, 0.5) is 0 Å². The Kier molecular flexibility index (Phi) is 3.00. The number of ether oxygens (including phenoxy) is 1. The molecule has 0 saturated carbocycles. The third-order valence-electron chi connectivity index (χ3n) is 3.13. The molecule has 1 aliphatic heterocycles. The van der Waals surface area contributed by atoms with E-state index in [1.165, 1.54) is 0 Å². The molecule has 0 amide bonds. The van der Waals surface area contributed by atoms with E-state index in [9.17, 15) is 4.79 Å². The van der Waals surface area contributed by atoms with Gasteiger partial charge < -0.3 is 4.74 Å². The van der Waals surface area contributed by atoms with E-state index in [4.69, 9.17) is 27.9 Å². The van der Waals surface area contributed by atoms with Gasteiger partial charge in [-0.15, -0.1) is 11.6 Å². The van der Waals surface area contributed by atoms with Crippen molar-refractivity contribution in [2.75, 3.05) is 0 Å². The van der Waals surface area contributed by atoms with Gasteiger partial charge in [0.15, 0.2) is 11.2 Å². The number of benzene rings is 2. The van der Waals surface area contributed by atoms with Gasteiger partial charge in [-0.3, -0.25) is 4.79 Å². The SMILES string of the molecule is O=C1c2ccccc2O[C@](Cl)(c2ccccc2)[C@H]1Cl. The fraction of sp³-hybridized carbons (Fsp3) is 0.133. The second kappa shape index (κ2) is 4.55. The second-order valence-electron chi connectivity index (χ2n) is 4.34. The molecule has 0 unspecified atom stereocenters. The van der Waals surface area contributed by atoms with Gasteiger partial charge >= 0.3 is 0 Å². The molecule has 2 atom stereocenters. The lowest BCUT2D eigenvalue weighted by molar-refractivity contribution is 0.0783. The van der Waals surface area contributed by atoms with Crippen molar-refractivity contribution in [2.24, 2.45) is 0 Å². The summed E-state index contributed by atoms with van der Waals surface area (Å²) in [5.74, 6) is 0.241. The van der Waals surface area contributed by atoms with Crippen LogP contribution in [0, 0.1) is 0 Å². The lowest BCUT2D eigenvalue weighted by atomic mass is 9.95. The van der Waals surface area contributed by atoms with Gasteiger partial charge in [0, 0.05) is 5.56 Å². The molecule has 2 nitrogen and oxygen atoms in total. The number of para-hydroxylation sites is 1. The van der Waals surface area contributed by atoms with Crippen LogP contribution in [0.2, 0.25) is 0 Å². The molecule has 0 radical (unpaired) electrons. The van der Waals surface area contributed by atoms with Gasteiger partial charge in [0.1, 0.15) is 5.75 Å². The Morgan fingerprint density at radius 2 is 1.63 bits per heavy atom. The topological polar surface area (TPSA) is 26.3 Å². The number of rotatable bonds is 1. The Morgan fingerprint density at radius 3 is 2.37 bits per heavy atom. The van der Waals surface area contributed by atoms with Gasteiger partial charge in [0.05, 0.1) is 5.56 Å². The first-order chi connectivity index (χ1) is 9.13. The first-order valence-electron chi connectivity index (χ1n) is 5.83. The van der Waals surface area contributed by atoms with Crippen LogP contribution in [0.1, 0.15) is 15.9 Å². The highest BCUT2D eigenvalue weighted by Gasteiger charge is 2.49. The molecule has 0 N–H and O–H groups in total. The molecule has 0 spiro atoms. The number of Topliss-reactive ketones (excluding diaryl/α,β-unsaturated/α-hetero) is 1. The quantitative estimate of drug-likeness (QED) is 0.744. The summed E-state index contributed by atoms with van der Waals surface area (Å²) < 4.78 is 5.80. The lowest BCUT2D eigenvalue weighted by Crippen LogP contribution is -2.45. The lowest BCUT2D eigenvalue weighted by Gasteiger charge is -2.36. The van der Waals surface area contributed by atoms with E-state index in [1.54, 1.807) is 36.4 Å². The van der Waals surface area contributed by atoms with E-state index in [1.807, 2.05) is 18.2 Å². The second-order valence-corrected chi connectivity index (χ2v) is 5.33. The van der Waals surface area contributed by atoms with E-state index in [0.717, 1.165) is 0 Å². The highest BCUT2D eigenvalue weighted by Crippen LogP contribution is 2.44. The molecule has 2 aromatic carbocycles. The first kappa shape index (κ1) is 12.5. The highest BCUT2D eigenvalue weighted by molar-refractivity contribution is 6.41. The van der Waals surface area contributed by atoms with Gasteiger partial charge in [0.2, 0.25) is 5.06 Å². The molecular weight excluding hydrogens is 283 g/mol. The number of fused-ring (bicyclic) bond motifs is 1. The number of hydrogen-bond acceptors (Lipinski definition) is 2. The molecule has 96 valence electrons. The summed E-state index contributed by atoms with van der Waals surface area (Å²) in [6, 6.07) is 16.1. The van der Waals surface area contributed by atoms with Crippen molar-refractivity contribution in [1.29, 1.82) is 0 Å². The van der Waals surface area contributed by atoms with Crippen LogP contribution in [-0.2, 0) is 5.06 Å². The zero-order valence-electron chi connectivity index (χ0n) is 9.85. The van der Waals surface area contributed by atoms with Crippen molar-refractivity contribution in [3.8, 4) is 5.75 Å². The summed E-state index contributed by atoms with van der Waals surface area (Å²) in [5, 5.41) is -2.33. The smallest absolute Gasteiger partial charge is 0.231 e. The van der Waals surface area contributed by atoms with Gasteiger partial charge in [-0.05, 0) is 12.1 Å². The maximum atomic E-state index is 12.3. The average Bonchev–Trinajstić information content (AvgIpc) is 2.46. The summed E-state index contributed by atoms with van der Waals surface area (Å²) in [6.45, 7) is 0. The highest BCUT2D eigenvalue weighted by atomic mass is 35.5. The molecule has 0 fully saturated rings. The van der Waals surface area contributed by atoms with Gasteiger partial charge in [-0.2, -0.15) is 0 Å². The zero-order chi connectivity index (χ0) is 13.5. The van der Waals surface area contributed by atoms with Gasteiger partial charge in [0.25, 0.3) is 0 Å². The molecule has 0 bridgehead atoms.